The average Bonchev–Trinajstić information content (AvgIpc) is 3.16. The van der Waals surface area contributed by atoms with Crippen molar-refractivity contribution in [2.24, 2.45) is 0 Å². The molecule has 0 aliphatic rings. The van der Waals surface area contributed by atoms with E-state index in [0.717, 1.165) is 18.9 Å². The Hall–Kier alpha value is -1.61. The molecule has 0 bridgehead atoms. The minimum absolute atomic E-state index is 0. The monoisotopic (exact) mass is 295 g/mol. The van der Waals surface area contributed by atoms with Crippen LogP contribution in [-0.4, -0.2) is 9.97 Å². The third kappa shape index (κ3) is 6.20. The number of aromatic nitrogens is 2. The number of rotatable bonds is 4. The molecule has 4 heteroatoms. The predicted molar refractivity (Wildman–Crippen MR) is 73.2 cm³/mol. The topological polar surface area (TPSA) is 40.7 Å². The first-order valence-electron chi connectivity index (χ1n) is 6.01. The van der Waals surface area contributed by atoms with E-state index in [9.17, 15) is 0 Å². The fourth-order valence-corrected chi connectivity index (χ4v) is 1.57. The van der Waals surface area contributed by atoms with Crippen LogP contribution in [0.2, 0.25) is 0 Å². The number of aromatic amines is 1. The summed E-state index contributed by atoms with van der Waals surface area (Å²) in [6.07, 6.45) is 3.60. The van der Waals surface area contributed by atoms with Gasteiger partial charge in [-0.2, -0.15) is 24.7 Å². The number of hydrogen-bond acceptors (Lipinski definition) is 2. The molecule has 0 spiro atoms. The Morgan fingerprint density at radius 3 is 2.47 bits per heavy atom. The fraction of sp³-hybridized carbons (Fsp3) is 0.133. The van der Waals surface area contributed by atoms with Gasteiger partial charge in [-0.3, -0.25) is 0 Å². The molecule has 1 heterocycles. The fourth-order valence-electron chi connectivity index (χ4n) is 1.57. The summed E-state index contributed by atoms with van der Waals surface area (Å²) in [6, 6.07) is 18.3. The van der Waals surface area contributed by atoms with Gasteiger partial charge < -0.3 is 40.1 Å². The van der Waals surface area contributed by atoms with Crippen LogP contribution in [0.15, 0.2) is 67.0 Å². The molecule has 19 heavy (non-hydrogen) atoms. The van der Waals surface area contributed by atoms with Crippen molar-refractivity contribution < 1.29 is 17.1 Å². The maximum atomic E-state index is 4.12. The van der Waals surface area contributed by atoms with Crippen LogP contribution >= 0.6 is 0 Å². The van der Waals surface area contributed by atoms with Crippen LogP contribution in [-0.2, 0) is 30.2 Å². The van der Waals surface area contributed by atoms with Crippen LogP contribution in [0, 0.1) is 0 Å². The molecular formula is C15H17FeN3-6. The van der Waals surface area contributed by atoms with Crippen molar-refractivity contribution in [2.75, 3.05) is 0 Å². The van der Waals surface area contributed by atoms with Crippen molar-refractivity contribution in [1.82, 2.24) is 15.3 Å². The van der Waals surface area contributed by atoms with E-state index in [1.165, 1.54) is 5.56 Å². The quantitative estimate of drug-likeness (QED) is 0.574. The van der Waals surface area contributed by atoms with Gasteiger partial charge in [-0.25, -0.2) is 17.1 Å². The zero-order chi connectivity index (χ0) is 12.5. The van der Waals surface area contributed by atoms with E-state index >= 15 is 0 Å². The average molecular weight is 295 g/mol. The Kier molecular flexibility index (Phi) is 7.59. The molecule has 3 nitrogen and oxygen atoms in total. The predicted octanol–water partition coefficient (Wildman–Crippen LogP) is 2.82. The largest absolute Gasteiger partial charge is 0.748 e. The second kappa shape index (κ2) is 9.34. The molecule has 2 N–H and O–H groups in total. The molecule has 0 radical (unpaired) electrons. The summed E-state index contributed by atoms with van der Waals surface area (Å²) in [6.45, 7) is 1.69. The molecule has 2 aromatic carbocycles. The van der Waals surface area contributed by atoms with E-state index in [0.29, 0.717) is 0 Å². The van der Waals surface area contributed by atoms with Gasteiger partial charge in [0, 0.05) is 29.5 Å². The Labute approximate surface area is 124 Å². The van der Waals surface area contributed by atoms with E-state index in [1.807, 2.05) is 48.7 Å². The normalized spacial score (nSPS) is 9.26. The number of H-pyrrole nitrogens is 1. The van der Waals surface area contributed by atoms with Gasteiger partial charge >= 0.3 is 0 Å². The van der Waals surface area contributed by atoms with Gasteiger partial charge in [0.15, 0.2) is 0 Å². The summed E-state index contributed by atoms with van der Waals surface area (Å²) < 4.78 is 0. The third-order valence-electron chi connectivity index (χ3n) is 2.46. The molecule has 106 valence electrons. The molecule has 0 aliphatic carbocycles. The summed E-state index contributed by atoms with van der Waals surface area (Å²) in [5.41, 5.74) is 1.31. The van der Waals surface area contributed by atoms with Crippen LogP contribution in [0.25, 0.3) is 0 Å². The van der Waals surface area contributed by atoms with Crippen molar-refractivity contribution >= 4 is 0 Å². The minimum Gasteiger partial charge on any atom is -0.748 e. The van der Waals surface area contributed by atoms with Crippen LogP contribution < -0.4 is 5.32 Å². The van der Waals surface area contributed by atoms with Crippen molar-refractivity contribution in [1.29, 1.82) is 0 Å². The summed E-state index contributed by atoms with van der Waals surface area (Å²) in [5.74, 6) is 0.978. The van der Waals surface area contributed by atoms with E-state index in [-0.39, 0.29) is 17.1 Å². The second-order valence-corrected chi connectivity index (χ2v) is 3.89. The summed E-state index contributed by atoms with van der Waals surface area (Å²) in [4.78, 5) is 7.16. The van der Waals surface area contributed by atoms with Gasteiger partial charge in [-0.05, 0) is 0 Å². The van der Waals surface area contributed by atoms with E-state index in [1.54, 1.807) is 6.20 Å². The number of hydrogen-bond donors (Lipinski definition) is 2. The van der Waals surface area contributed by atoms with Crippen LogP contribution in [0.1, 0.15) is 11.4 Å². The maximum Gasteiger partial charge on any atom is 0.119 e. The number of nitrogens with one attached hydrogen (secondary N) is 2. The van der Waals surface area contributed by atoms with Gasteiger partial charge in [-0.15, -0.1) is 0 Å². The SMILES string of the molecule is [Fe].c1c[nH]c(CNC[c-]2[cH-][cH-][cH-][cH-]2)n1.c1cc[cH-]c1. The Balaban J connectivity index is 0.000000256. The molecule has 3 rings (SSSR count). The zero-order valence-corrected chi connectivity index (χ0v) is 11.7. The Bertz CT molecular complexity index is 432. The van der Waals surface area contributed by atoms with E-state index in [4.69, 9.17) is 0 Å². The maximum absolute atomic E-state index is 4.12. The smallest absolute Gasteiger partial charge is 0.119 e. The Morgan fingerprint density at radius 2 is 1.95 bits per heavy atom. The molecule has 0 saturated carbocycles. The van der Waals surface area contributed by atoms with Crippen molar-refractivity contribution in [3.63, 3.8) is 0 Å². The Morgan fingerprint density at radius 1 is 1.21 bits per heavy atom. The van der Waals surface area contributed by atoms with Gasteiger partial charge in [0.05, 0.1) is 6.54 Å². The summed E-state index contributed by atoms with van der Waals surface area (Å²) >= 11 is 0. The molecule has 0 unspecified atom stereocenters. The van der Waals surface area contributed by atoms with Gasteiger partial charge in [-0.1, -0.05) is 0 Å². The first-order valence-corrected chi connectivity index (χ1v) is 6.01. The van der Waals surface area contributed by atoms with Gasteiger partial charge in [0.1, 0.15) is 5.82 Å². The van der Waals surface area contributed by atoms with Crippen molar-refractivity contribution in [3.8, 4) is 0 Å². The van der Waals surface area contributed by atoms with Crippen LogP contribution in [0.3, 0.4) is 0 Å². The van der Waals surface area contributed by atoms with Gasteiger partial charge in [0.2, 0.25) is 0 Å². The first-order chi connectivity index (χ1) is 8.95. The molecular weight excluding hydrogens is 278 g/mol. The number of nitrogens with zero attached hydrogens (tertiary/aromatic N) is 1. The molecule has 0 saturated heterocycles. The zero-order valence-electron chi connectivity index (χ0n) is 10.6. The molecule has 0 fully saturated rings. The first kappa shape index (κ1) is 15.4. The van der Waals surface area contributed by atoms with Crippen molar-refractivity contribution in [3.05, 3.63) is 78.4 Å². The van der Waals surface area contributed by atoms with E-state index in [2.05, 4.69) is 27.4 Å². The minimum atomic E-state index is 0. The second-order valence-electron chi connectivity index (χ2n) is 3.89. The standard InChI is InChI=1S/C10H12N3.C5H5.Fe/c1-2-4-9(3-1)7-11-8-10-12-5-6-13-10;1-2-4-5-3-1;/h1-6,11H,7-8H2,(H,12,13);1-5H;/q-5;-1;. The van der Waals surface area contributed by atoms with Crippen molar-refractivity contribution in [2.45, 2.75) is 13.1 Å². The molecule has 0 aliphatic heterocycles. The van der Waals surface area contributed by atoms with Crippen LogP contribution in [0.5, 0.6) is 0 Å². The summed E-state index contributed by atoms with van der Waals surface area (Å²) in [5, 5.41) is 3.30. The van der Waals surface area contributed by atoms with Gasteiger partial charge in [0.25, 0.3) is 0 Å². The number of imidazole rings is 1. The third-order valence-corrected chi connectivity index (χ3v) is 2.46. The molecule has 0 amide bonds. The van der Waals surface area contributed by atoms with Crippen LogP contribution in [0.4, 0.5) is 0 Å². The summed E-state index contributed by atoms with van der Waals surface area (Å²) in [7, 11) is 0. The molecule has 0 atom stereocenters. The molecule has 3 aromatic rings. The molecule has 1 aromatic heterocycles. The van der Waals surface area contributed by atoms with E-state index < -0.39 is 0 Å².